The van der Waals surface area contributed by atoms with Crippen LogP contribution >= 0.6 is 0 Å². The Labute approximate surface area is 109 Å². The van der Waals surface area contributed by atoms with Crippen LogP contribution in [0.5, 0.6) is 0 Å². The molecule has 1 fully saturated rings. The van der Waals surface area contributed by atoms with E-state index in [1.165, 1.54) is 4.90 Å². The highest BCUT2D eigenvalue weighted by Crippen LogP contribution is 2.19. The van der Waals surface area contributed by atoms with Gasteiger partial charge in [0.05, 0.1) is 10.5 Å². The minimum absolute atomic E-state index is 0.0695. The lowest BCUT2D eigenvalue weighted by Gasteiger charge is -2.34. The number of hydrogen-bond acceptors (Lipinski definition) is 4. The summed E-state index contributed by atoms with van der Waals surface area (Å²) in [6.07, 6.45) is 0. The highest BCUT2D eigenvalue weighted by atomic mass is 19.1. The van der Waals surface area contributed by atoms with Crippen LogP contribution in [0.25, 0.3) is 0 Å². The van der Waals surface area contributed by atoms with E-state index in [4.69, 9.17) is 0 Å². The van der Waals surface area contributed by atoms with Crippen LogP contribution in [0.3, 0.4) is 0 Å². The average Bonchev–Trinajstić information content (AvgIpc) is 2.38. The second-order valence-electron chi connectivity index (χ2n) is 4.47. The average molecular weight is 267 g/mol. The Hall–Kier alpha value is -2.02. The highest BCUT2D eigenvalue weighted by Gasteiger charge is 2.27. The Kier molecular flexibility index (Phi) is 3.75. The van der Waals surface area contributed by atoms with E-state index in [0.717, 1.165) is 18.2 Å². The number of nitro groups is 1. The van der Waals surface area contributed by atoms with Crippen molar-refractivity contribution >= 4 is 11.6 Å². The number of rotatable bonds is 2. The van der Waals surface area contributed by atoms with E-state index in [1.54, 1.807) is 0 Å². The molecule has 102 valence electrons. The molecular weight excluding hydrogens is 253 g/mol. The molecule has 1 unspecified atom stereocenters. The minimum Gasteiger partial charge on any atom is -0.333 e. The van der Waals surface area contributed by atoms with Gasteiger partial charge in [0.25, 0.3) is 11.6 Å². The van der Waals surface area contributed by atoms with Crippen LogP contribution in [-0.2, 0) is 0 Å². The molecule has 0 saturated carbocycles. The van der Waals surface area contributed by atoms with Gasteiger partial charge in [0.1, 0.15) is 5.82 Å². The lowest BCUT2D eigenvalue weighted by molar-refractivity contribution is -0.384. The van der Waals surface area contributed by atoms with E-state index in [2.05, 4.69) is 5.32 Å². The fourth-order valence-electron chi connectivity index (χ4n) is 2.09. The lowest BCUT2D eigenvalue weighted by Crippen LogP contribution is -2.52. The summed E-state index contributed by atoms with van der Waals surface area (Å²) in [5.74, 6) is -1.24. The molecule has 1 atom stereocenters. The standard InChI is InChI=1S/C12H14FN3O3/c1-8-7-14-4-5-15(8)12(17)10-6-9(16(18)19)2-3-11(10)13/h2-3,6,8,14H,4-5,7H2,1H3. The van der Waals surface area contributed by atoms with Crippen LogP contribution in [0, 0.1) is 15.9 Å². The molecule has 1 amide bonds. The predicted molar refractivity (Wildman–Crippen MR) is 66.4 cm³/mol. The van der Waals surface area contributed by atoms with Crippen molar-refractivity contribution in [2.75, 3.05) is 19.6 Å². The number of nitrogens with zero attached hydrogens (tertiary/aromatic N) is 2. The van der Waals surface area contributed by atoms with Gasteiger partial charge in [-0.2, -0.15) is 0 Å². The Morgan fingerprint density at radius 3 is 2.95 bits per heavy atom. The molecule has 1 aromatic rings. The smallest absolute Gasteiger partial charge is 0.270 e. The molecule has 1 aliphatic heterocycles. The molecule has 1 heterocycles. The van der Waals surface area contributed by atoms with E-state index in [0.29, 0.717) is 19.6 Å². The SMILES string of the molecule is CC1CNCCN1C(=O)c1cc([N+](=O)[O-])ccc1F. The van der Waals surface area contributed by atoms with Gasteiger partial charge in [0.2, 0.25) is 0 Å². The molecule has 1 aliphatic rings. The Bertz CT molecular complexity index is 521. The third-order valence-electron chi connectivity index (χ3n) is 3.15. The van der Waals surface area contributed by atoms with Crippen molar-refractivity contribution in [3.63, 3.8) is 0 Å². The monoisotopic (exact) mass is 267 g/mol. The van der Waals surface area contributed by atoms with Crippen LogP contribution in [-0.4, -0.2) is 41.4 Å². The zero-order chi connectivity index (χ0) is 14.0. The third kappa shape index (κ3) is 2.70. The fourth-order valence-corrected chi connectivity index (χ4v) is 2.09. The normalized spacial score (nSPS) is 19.3. The summed E-state index contributed by atoms with van der Waals surface area (Å²) in [6, 6.07) is 2.93. The Morgan fingerprint density at radius 1 is 1.58 bits per heavy atom. The molecule has 0 aromatic heterocycles. The topological polar surface area (TPSA) is 75.5 Å². The van der Waals surface area contributed by atoms with Crippen molar-refractivity contribution in [3.05, 3.63) is 39.7 Å². The maximum atomic E-state index is 13.7. The second kappa shape index (κ2) is 5.31. The summed E-state index contributed by atoms with van der Waals surface area (Å²) in [5, 5.41) is 13.8. The first kappa shape index (κ1) is 13.4. The molecular formula is C12H14FN3O3. The highest BCUT2D eigenvalue weighted by molar-refractivity contribution is 5.95. The van der Waals surface area contributed by atoms with E-state index >= 15 is 0 Å². The molecule has 1 saturated heterocycles. The van der Waals surface area contributed by atoms with Gasteiger partial charge in [-0.1, -0.05) is 0 Å². The van der Waals surface area contributed by atoms with Crippen molar-refractivity contribution in [1.29, 1.82) is 0 Å². The van der Waals surface area contributed by atoms with Crippen LogP contribution in [0.4, 0.5) is 10.1 Å². The quantitative estimate of drug-likeness (QED) is 0.644. The van der Waals surface area contributed by atoms with Gasteiger partial charge in [-0.25, -0.2) is 4.39 Å². The molecule has 0 spiro atoms. The van der Waals surface area contributed by atoms with E-state index in [9.17, 15) is 19.3 Å². The van der Waals surface area contributed by atoms with Gasteiger partial charge < -0.3 is 10.2 Å². The molecule has 0 radical (unpaired) electrons. The Balaban J connectivity index is 2.32. The summed E-state index contributed by atoms with van der Waals surface area (Å²) in [5.41, 5.74) is -0.532. The second-order valence-corrected chi connectivity index (χ2v) is 4.47. The molecule has 7 heteroatoms. The maximum absolute atomic E-state index is 13.7. The molecule has 2 rings (SSSR count). The number of non-ortho nitro benzene ring substituents is 1. The number of benzene rings is 1. The zero-order valence-corrected chi connectivity index (χ0v) is 10.4. The van der Waals surface area contributed by atoms with Gasteiger partial charge in [-0.15, -0.1) is 0 Å². The van der Waals surface area contributed by atoms with Crippen molar-refractivity contribution in [2.24, 2.45) is 0 Å². The first-order chi connectivity index (χ1) is 9.00. The van der Waals surface area contributed by atoms with E-state index in [1.807, 2.05) is 6.92 Å². The molecule has 6 nitrogen and oxygen atoms in total. The first-order valence-corrected chi connectivity index (χ1v) is 5.96. The molecule has 1 aromatic carbocycles. The van der Waals surface area contributed by atoms with Gasteiger partial charge >= 0.3 is 0 Å². The van der Waals surface area contributed by atoms with Gasteiger partial charge in [0, 0.05) is 37.8 Å². The van der Waals surface area contributed by atoms with Crippen LogP contribution in [0.1, 0.15) is 17.3 Å². The summed E-state index contributed by atoms with van der Waals surface area (Å²) < 4.78 is 13.7. The number of piperazine rings is 1. The van der Waals surface area contributed by atoms with Crippen LogP contribution in [0.2, 0.25) is 0 Å². The van der Waals surface area contributed by atoms with Crippen molar-refractivity contribution in [2.45, 2.75) is 13.0 Å². The number of hydrogen-bond donors (Lipinski definition) is 1. The fraction of sp³-hybridized carbons (Fsp3) is 0.417. The number of nitrogens with one attached hydrogen (secondary N) is 1. The number of halogens is 1. The largest absolute Gasteiger partial charge is 0.333 e. The first-order valence-electron chi connectivity index (χ1n) is 5.96. The molecule has 0 bridgehead atoms. The van der Waals surface area contributed by atoms with Crippen LogP contribution in [0.15, 0.2) is 18.2 Å². The summed E-state index contributed by atoms with van der Waals surface area (Å²) in [7, 11) is 0. The summed E-state index contributed by atoms with van der Waals surface area (Å²) >= 11 is 0. The van der Waals surface area contributed by atoms with E-state index in [-0.39, 0.29) is 17.3 Å². The maximum Gasteiger partial charge on any atom is 0.270 e. The number of carbonyl (C=O) groups excluding carboxylic acids is 1. The zero-order valence-electron chi connectivity index (χ0n) is 10.4. The lowest BCUT2D eigenvalue weighted by atomic mass is 10.1. The minimum atomic E-state index is -0.735. The van der Waals surface area contributed by atoms with Gasteiger partial charge in [-0.3, -0.25) is 14.9 Å². The van der Waals surface area contributed by atoms with Gasteiger partial charge in [0.15, 0.2) is 0 Å². The van der Waals surface area contributed by atoms with Crippen molar-refractivity contribution in [3.8, 4) is 0 Å². The number of carbonyl (C=O) groups is 1. The molecule has 1 N–H and O–H groups in total. The number of amides is 1. The molecule has 19 heavy (non-hydrogen) atoms. The van der Waals surface area contributed by atoms with Gasteiger partial charge in [-0.05, 0) is 13.0 Å². The van der Waals surface area contributed by atoms with Crippen molar-refractivity contribution < 1.29 is 14.1 Å². The Morgan fingerprint density at radius 2 is 2.32 bits per heavy atom. The third-order valence-corrected chi connectivity index (χ3v) is 3.15. The van der Waals surface area contributed by atoms with E-state index < -0.39 is 16.6 Å². The van der Waals surface area contributed by atoms with Crippen LogP contribution < -0.4 is 5.32 Å². The summed E-state index contributed by atoms with van der Waals surface area (Å²) in [4.78, 5) is 23.8. The molecule has 0 aliphatic carbocycles. The number of nitro benzene ring substituents is 1. The summed E-state index contributed by atoms with van der Waals surface area (Å²) in [6.45, 7) is 3.57. The predicted octanol–water partition coefficient (Wildman–Crippen LogP) is 1.17. The van der Waals surface area contributed by atoms with Crippen molar-refractivity contribution in [1.82, 2.24) is 10.2 Å².